The average molecular weight is 363 g/mol. The van der Waals surface area contributed by atoms with Crippen LogP contribution >= 0.6 is 0 Å². The summed E-state index contributed by atoms with van der Waals surface area (Å²) in [5, 5.41) is 5.73. The zero-order chi connectivity index (χ0) is 19.1. The summed E-state index contributed by atoms with van der Waals surface area (Å²) in [5.41, 5.74) is 1.83. The molecule has 0 radical (unpaired) electrons. The number of aromatic nitrogens is 3. The number of anilines is 2. The first-order valence-corrected chi connectivity index (χ1v) is 8.12. The lowest BCUT2D eigenvalue weighted by Crippen LogP contribution is -2.24. The molecule has 0 saturated heterocycles. The van der Waals surface area contributed by atoms with Gasteiger partial charge in [-0.15, -0.1) is 0 Å². The first-order chi connectivity index (χ1) is 13.2. The average Bonchev–Trinajstić information content (AvgIpc) is 2.73. The lowest BCUT2D eigenvalue weighted by atomic mass is 10.2. The predicted molar refractivity (Wildman–Crippen MR) is 98.5 cm³/mol. The van der Waals surface area contributed by atoms with Gasteiger partial charge in [0.2, 0.25) is 0 Å². The van der Waals surface area contributed by atoms with E-state index in [9.17, 15) is 9.59 Å². The smallest absolute Gasteiger partial charge is 0.339 e. The van der Waals surface area contributed by atoms with Gasteiger partial charge in [-0.1, -0.05) is 18.2 Å². The monoisotopic (exact) mass is 363 g/mol. The zero-order valence-electron chi connectivity index (χ0n) is 14.5. The van der Waals surface area contributed by atoms with Gasteiger partial charge in [-0.05, 0) is 24.3 Å². The Hall–Kier alpha value is -3.81. The van der Waals surface area contributed by atoms with Crippen molar-refractivity contribution in [3.05, 3.63) is 78.0 Å². The maximum atomic E-state index is 12.1. The van der Waals surface area contributed by atoms with Crippen molar-refractivity contribution in [2.24, 2.45) is 0 Å². The van der Waals surface area contributed by atoms with Crippen molar-refractivity contribution in [3.63, 3.8) is 0 Å². The van der Waals surface area contributed by atoms with E-state index in [0.29, 0.717) is 23.6 Å². The second kappa shape index (κ2) is 8.52. The van der Waals surface area contributed by atoms with Gasteiger partial charge in [0, 0.05) is 6.20 Å². The summed E-state index contributed by atoms with van der Waals surface area (Å²) in [6.07, 6.45) is 4.44. The number of rotatable bonds is 6. The van der Waals surface area contributed by atoms with Gasteiger partial charge in [0.05, 0.1) is 43.0 Å². The van der Waals surface area contributed by atoms with E-state index in [0.717, 1.165) is 5.69 Å². The van der Waals surface area contributed by atoms with Gasteiger partial charge in [0.1, 0.15) is 11.5 Å². The van der Waals surface area contributed by atoms with Crippen molar-refractivity contribution in [1.82, 2.24) is 20.3 Å². The van der Waals surface area contributed by atoms with Crippen LogP contribution in [0.5, 0.6) is 0 Å². The van der Waals surface area contributed by atoms with Crippen LogP contribution < -0.4 is 10.6 Å². The molecule has 8 heteroatoms. The minimum absolute atomic E-state index is 0.178. The molecular formula is C19H17N5O3. The molecule has 0 unspecified atom stereocenters. The van der Waals surface area contributed by atoms with E-state index in [-0.39, 0.29) is 11.6 Å². The first kappa shape index (κ1) is 18.0. The highest BCUT2D eigenvalue weighted by Gasteiger charge is 2.12. The highest BCUT2D eigenvalue weighted by molar-refractivity contribution is 5.96. The summed E-state index contributed by atoms with van der Waals surface area (Å²) in [7, 11) is 1.32. The van der Waals surface area contributed by atoms with Gasteiger partial charge >= 0.3 is 5.97 Å². The standard InChI is InChI=1S/C19H17N5O3/c1-27-19(26)14-7-2-3-8-15(14)24-17-12-21-16(11-22-17)18(25)23-10-13-6-4-5-9-20-13/h2-9,11-12H,10H2,1H3,(H,22,24)(H,23,25). The third kappa shape index (κ3) is 4.63. The highest BCUT2D eigenvalue weighted by atomic mass is 16.5. The lowest BCUT2D eigenvalue weighted by Gasteiger charge is -2.10. The molecule has 0 atom stereocenters. The Morgan fingerprint density at radius 1 is 1.00 bits per heavy atom. The molecule has 2 heterocycles. The van der Waals surface area contributed by atoms with Crippen LogP contribution in [0.4, 0.5) is 11.5 Å². The maximum Gasteiger partial charge on any atom is 0.339 e. The number of para-hydroxylation sites is 1. The number of amides is 1. The molecular weight excluding hydrogens is 346 g/mol. The number of benzene rings is 1. The van der Waals surface area contributed by atoms with Gasteiger partial charge in [-0.25, -0.2) is 14.8 Å². The van der Waals surface area contributed by atoms with Crippen molar-refractivity contribution in [2.45, 2.75) is 6.54 Å². The number of carbonyl (C=O) groups excluding carboxylic acids is 2. The molecule has 1 aromatic carbocycles. The molecule has 0 bridgehead atoms. The fraction of sp³-hybridized carbons (Fsp3) is 0.105. The second-order valence-electron chi connectivity index (χ2n) is 5.45. The SMILES string of the molecule is COC(=O)c1ccccc1Nc1cnc(C(=O)NCc2ccccn2)cn1. The third-order valence-electron chi connectivity index (χ3n) is 3.64. The maximum absolute atomic E-state index is 12.1. The van der Waals surface area contributed by atoms with Crippen molar-refractivity contribution in [3.8, 4) is 0 Å². The Morgan fingerprint density at radius 3 is 2.52 bits per heavy atom. The van der Waals surface area contributed by atoms with Gasteiger partial charge in [-0.3, -0.25) is 9.78 Å². The van der Waals surface area contributed by atoms with Gasteiger partial charge in [-0.2, -0.15) is 0 Å². The topological polar surface area (TPSA) is 106 Å². The number of nitrogens with one attached hydrogen (secondary N) is 2. The number of esters is 1. The molecule has 0 aliphatic rings. The van der Waals surface area contributed by atoms with E-state index in [1.165, 1.54) is 19.5 Å². The second-order valence-corrected chi connectivity index (χ2v) is 5.45. The van der Waals surface area contributed by atoms with E-state index >= 15 is 0 Å². The number of hydrogen-bond acceptors (Lipinski definition) is 7. The molecule has 8 nitrogen and oxygen atoms in total. The predicted octanol–water partition coefficient (Wildman–Crippen LogP) is 2.33. The fourth-order valence-electron chi connectivity index (χ4n) is 2.29. The molecule has 2 N–H and O–H groups in total. The molecule has 136 valence electrons. The van der Waals surface area contributed by atoms with Crippen molar-refractivity contribution >= 4 is 23.4 Å². The Labute approximate surface area is 155 Å². The molecule has 3 aromatic rings. The van der Waals surface area contributed by atoms with E-state index in [1.807, 2.05) is 12.1 Å². The Bertz CT molecular complexity index is 930. The Kier molecular flexibility index (Phi) is 5.68. The molecule has 0 saturated carbocycles. The minimum Gasteiger partial charge on any atom is -0.465 e. The lowest BCUT2D eigenvalue weighted by molar-refractivity contribution is 0.0601. The van der Waals surface area contributed by atoms with Crippen LogP contribution in [0.1, 0.15) is 26.5 Å². The number of methoxy groups -OCH3 is 1. The van der Waals surface area contributed by atoms with Gasteiger partial charge < -0.3 is 15.4 Å². The molecule has 0 spiro atoms. The number of pyridine rings is 1. The summed E-state index contributed by atoms with van der Waals surface area (Å²) in [6, 6.07) is 12.3. The van der Waals surface area contributed by atoms with Crippen LogP contribution in [-0.2, 0) is 11.3 Å². The molecule has 0 aliphatic heterocycles. The third-order valence-corrected chi connectivity index (χ3v) is 3.64. The molecule has 0 fully saturated rings. The van der Waals surface area contributed by atoms with Crippen molar-refractivity contribution in [1.29, 1.82) is 0 Å². The van der Waals surface area contributed by atoms with Crippen LogP contribution in [0.15, 0.2) is 61.1 Å². The molecule has 3 rings (SSSR count). The van der Waals surface area contributed by atoms with Crippen LogP contribution in [-0.4, -0.2) is 33.9 Å². The molecule has 0 aliphatic carbocycles. The Balaban J connectivity index is 1.65. The summed E-state index contributed by atoms with van der Waals surface area (Å²) in [4.78, 5) is 36.4. The van der Waals surface area contributed by atoms with E-state index < -0.39 is 5.97 Å². The van der Waals surface area contributed by atoms with Crippen LogP contribution in [0, 0.1) is 0 Å². The van der Waals surface area contributed by atoms with Crippen LogP contribution in [0.25, 0.3) is 0 Å². The van der Waals surface area contributed by atoms with Crippen molar-refractivity contribution < 1.29 is 14.3 Å². The molecule has 1 amide bonds. The van der Waals surface area contributed by atoms with E-state index in [2.05, 4.69) is 25.6 Å². The van der Waals surface area contributed by atoms with Crippen LogP contribution in [0.2, 0.25) is 0 Å². The first-order valence-electron chi connectivity index (χ1n) is 8.12. The van der Waals surface area contributed by atoms with E-state index in [4.69, 9.17) is 4.74 Å². The summed E-state index contributed by atoms with van der Waals surface area (Å²) in [5.74, 6) is -0.418. The minimum atomic E-state index is -0.462. The number of nitrogens with zero attached hydrogens (tertiary/aromatic N) is 3. The number of hydrogen-bond donors (Lipinski definition) is 2. The Morgan fingerprint density at radius 2 is 1.81 bits per heavy atom. The zero-order valence-corrected chi connectivity index (χ0v) is 14.5. The quantitative estimate of drug-likeness (QED) is 0.647. The molecule has 2 aromatic heterocycles. The van der Waals surface area contributed by atoms with E-state index in [1.54, 1.807) is 36.5 Å². The fourth-order valence-corrected chi connectivity index (χ4v) is 2.29. The normalized spacial score (nSPS) is 10.1. The number of carbonyl (C=O) groups is 2. The largest absolute Gasteiger partial charge is 0.465 e. The van der Waals surface area contributed by atoms with Crippen molar-refractivity contribution in [2.75, 3.05) is 12.4 Å². The molecule has 27 heavy (non-hydrogen) atoms. The highest BCUT2D eigenvalue weighted by Crippen LogP contribution is 2.19. The summed E-state index contributed by atoms with van der Waals surface area (Å²) < 4.78 is 4.76. The summed E-state index contributed by atoms with van der Waals surface area (Å²) in [6.45, 7) is 0.299. The van der Waals surface area contributed by atoms with Crippen LogP contribution in [0.3, 0.4) is 0 Å². The van der Waals surface area contributed by atoms with Gasteiger partial charge in [0.25, 0.3) is 5.91 Å². The van der Waals surface area contributed by atoms with Gasteiger partial charge in [0.15, 0.2) is 0 Å². The number of ether oxygens (including phenoxy) is 1. The summed E-state index contributed by atoms with van der Waals surface area (Å²) >= 11 is 0.